The lowest BCUT2D eigenvalue weighted by molar-refractivity contribution is 0.0442. The highest BCUT2D eigenvalue weighted by molar-refractivity contribution is 5.76. The third-order valence-electron chi connectivity index (χ3n) is 1.32. The molecule has 0 aromatic rings. The van der Waals surface area contributed by atoms with E-state index in [2.05, 4.69) is 18.9 Å². The van der Waals surface area contributed by atoms with Gasteiger partial charge in [0.1, 0.15) is 0 Å². The van der Waals surface area contributed by atoms with Crippen LogP contribution in [-0.2, 0) is 18.9 Å². The van der Waals surface area contributed by atoms with Crippen LogP contribution in [0.5, 0.6) is 0 Å². The molecule has 0 rings (SSSR count). The third kappa shape index (κ3) is 10.0. The van der Waals surface area contributed by atoms with Crippen LogP contribution < -0.4 is 0 Å². The van der Waals surface area contributed by atoms with E-state index < -0.39 is 24.6 Å². The molecule has 0 saturated carbocycles. The van der Waals surface area contributed by atoms with E-state index in [1.54, 1.807) is 0 Å². The molecule has 0 aromatic carbocycles. The maximum Gasteiger partial charge on any atom is 0.518 e. The van der Waals surface area contributed by atoms with Crippen molar-refractivity contribution < 1.29 is 48.3 Å². The zero-order chi connectivity index (χ0) is 14.0. The number of rotatable bonds is 5. The largest absolute Gasteiger partial charge is 0.518 e. The summed E-state index contributed by atoms with van der Waals surface area (Å²) in [4.78, 5) is 40.8. The summed E-state index contributed by atoms with van der Waals surface area (Å²) in [5, 5.41) is 16.0. The Balaban J connectivity index is 3.41. The number of carbonyl (C=O) groups excluding carboxylic acids is 2. The molecule has 0 amide bonds. The number of carbonyl (C=O) groups is 4. The number of carboxylic acid groups (broad SMARTS) is 2. The summed E-state index contributed by atoms with van der Waals surface area (Å²) < 4.78 is 15.9. The van der Waals surface area contributed by atoms with Gasteiger partial charge in [0.25, 0.3) is 0 Å². The van der Waals surface area contributed by atoms with Crippen molar-refractivity contribution in [1.29, 1.82) is 0 Å². The van der Waals surface area contributed by atoms with Crippen LogP contribution in [-0.4, -0.2) is 48.0 Å². The van der Waals surface area contributed by atoms with E-state index >= 15 is 0 Å². The summed E-state index contributed by atoms with van der Waals surface area (Å²) in [5.74, 6) is 0. The summed E-state index contributed by atoms with van der Waals surface area (Å²) in [5.41, 5.74) is 0. The van der Waals surface area contributed by atoms with Gasteiger partial charge in [0.15, 0.2) is 0 Å². The maximum absolute atomic E-state index is 10.5. The summed E-state index contributed by atoms with van der Waals surface area (Å²) >= 11 is 0. The fourth-order valence-corrected chi connectivity index (χ4v) is 0.717. The Morgan fingerprint density at radius 1 is 0.722 bits per heavy atom. The molecule has 0 aliphatic rings. The first-order chi connectivity index (χ1) is 8.41. The summed E-state index contributed by atoms with van der Waals surface area (Å²) in [6.07, 6.45) is -5.74. The van der Waals surface area contributed by atoms with E-state index in [0.717, 1.165) is 0 Å². The molecule has 102 valence electrons. The Hall–Kier alpha value is -2.52. The molecule has 2 N–H and O–H groups in total. The van der Waals surface area contributed by atoms with Gasteiger partial charge in [0.2, 0.25) is 0 Å². The monoisotopic (exact) mass is 266 g/mol. The van der Waals surface area contributed by atoms with Gasteiger partial charge in [-0.25, -0.2) is 19.2 Å². The van der Waals surface area contributed by atoms with Gasteiger partial charge in [-0.2, -0.15) is 0 Å². The quantitative estimate of drug-likeness (QED) is 0.425. The minimum Gasteiger partial charge on any atom is -0.449 e. The highest BCUT2D eigenvalue weighted by Crippen LogP contribution is 1.95. The number of unbranched alkanes of at least 4 members (excludes halogenated alkanes) is 1. The molecule has 0 aromatic heterocycles. The maximum atomic E-state index is 10.5. The van der Waals surface area contributed by atoms with Gasteiger partial charge in [-0.05, 0) is 12.8 Å². The molecular formula is C8H10O10. The van der Waals surface area contributed by atoms with Crippen molar-refractivity contribution in [2.45, 2.75) is 12.8 Å². The Labute approximate surface area is 100.0 Å². The van der Waals surface area contributed by atoms with Crippen LogP contribution in [0, 0.1) is 0 Å². The van der Waals surface area contributed by atoms with E-state index in [1.165, 1.54) is 0 Å². The number of hydrogen-bond donors (Lipinski definition) is 2. The molecule has 10 nitrogen and oxygen atoms in total. The smallest absolute Gasteiger partial charge is 0.449 e. The van der Waals surface area contributed by atoms with Crippen LogP contribution in [0.4, 0.5) is 19.2 Å². The normalized spacial score (nSPS) is 9.11. The van der Waals surface area contributed by atoms with Gasteiger partial charge in [0, 0.05) is 0 Å². The molecular weight excluding hydrogens is 256 g/mol. The van der Waals surface area contributed by atoms with Gasteiger partial charge in [-0.15, -0.1) is 0 Å². The topological polar surface area (TPSA) is 146 Å². The molecule has 0 unspecified atom stereocenters. The average Bonchev–Trinajstić information content (AvgIpc) is 2.20. The molecule has 0 spiro atoms. The fraction of sp³-hybridized carbons (Fsp3) is 0.500. The molecule has 18 heavy (non-hydrogen) atoms. The van der Waals surface area contributed by atoms with Crippen molar-refractivity contribution in [3.63, 3.8) is 0 Å². The standard InChI is InChI=1S/C8H10O10/c9-5(10)17-7(13)15-3-1-2-4-16-8(14)18-6(11)12/h1-4H2,(H,9,10)(H,11,12). The number of hydrogen-bond acceptors (Lipinski definition) is 8. The van der Waals surface area contributed by atoms with Crippen molar-refractivity contribution in [3.05, 3.63) is 0 Å². The van der Waals surface area contributed by atoms with E-state index in [0.29, 0.717) is 0 Å². The Kier molecular flexibility index (Phi) is 7.41. The van der Waals surface area contributed by atoms with Crippen molar-refractivity contribution >= 4 is 24.6 Å². The van der Waals surface area contributed by atoms with Crippen molar-refractivity contribution in [1.82, 2.24) is 0 Å². The van der Waals surface area contributed by atoms with Crippen molar-refractivity contribution in [2.75, 3.05) is 13.2 Å². The van der Waals surface area contributed by atoms with Crippen LogP contribution in [0.2, 0.25) is 0 Å². The molecule has 10 heteroatoms. The van der Waals surface area contributed by atoms with Crippen LogP contribution >= 0.6 is 0 Å². The molecule has 0 aliphatic carbocycles. The van der Waals surface area contributed by atoms with Gasteiger partial charge in [-0.3, -0.25) is 0 Å². The molecule has 0 saturated heterocycles. The van der Waals surface area contributed by atoms with E-state index in [1.807, 2.05) is 0 Å². The zero-order valence-electron chi connectivity index (χ0n) is 8.99. The third-order valence-corrected chi connectivity index (χ3v) is 1.32. The minimum absolute atomic E-state index is 0.135. The first-order valence-electron chi connectivity index (χ1n) is 4.57. The average molecular weight is 266 g/mol. The SMILES string of the molecule is O=C(O)OC(=O)OCCCCOC(=O)OC(=O)O. The summed E-state index contributed by atoms with van der Waals surface area (Å²) in [6.45, 7) is -0.271. The molecule has 0 fully saturated rings. The van der Waals surface area contributed by atoms with E-state index in [4.69, 9.17) is 10.2 Å². The molecule has 0 heterocycles. The van der Waals surface area contributed by atoms with Gasteiger partial charge < -0.3 is 29.2 Å². The van der Waals surface area contributed by atoms with Crippen molar-refractivity contribution in [3.8, 4) is 0 Å². The minimum atomic E-state index is -1.78. The summed E-state index contributed by atoms with van der Waals surface area (Å²) in [6, 6.07) is 0. The highest BCUT2D eigenvalue weighted by Gasteiger charge is 2.10. The van der Waals surface area contributed by atoms with E-state index in [9.17, 15) is 19.2 Å². The van der Waals surface area contributed by atoms with Crippen LogP contribution in [0.3, 0.4) is 0 Å². The highest BCUT2D eigenvalue weighted by atomic mass is 16.8. The molecule has 0 bridgehead atoms. The zero-order valence-corrected chi connectivity index (χ0v) is 8.99. The second-order valence-electron chi connectivity index (χ2n) is 2.64. The van der Waals surface area contributed by atoms with Gasteiger partial charge in [0.05, 0.1) is 13.2 Å². The fourth-order valence-electron chi connectivity index (χ4n) is 0.717. The molecule has 0 radical (unpaired) electrons. The lowest BCUT2D eigenvalue weighted by Crippen LogP contribution is -2.14. The Bertz CT molecular complexity index is 290. The second-order valence-corrected chi connectivity index (χ2v) is 2.64. The second kappa shape index (κ2) is 8.61. The first-order valence-corrected chi connectivity index (χ1v) is 4.57. The Morgan fingerprint density at radius 3 is 1.33 bits per heavy atom. The lowest BCUT2D eigenvalue weighted by Gasteiger charge is -2.03. The van der Waals surface area contributed by atoms with Crippen molar-refractivity contribution in [2.24, 2.45) is 0 Å². The predicted molar refractivity (Wildman–Crippen MR) is 50.1 cm³/mol. The predicted octanol–water partition coefficient (Wildman–Crippen LogP) is 1.43. The Morgan fingerprint density at radius 2 is 1.06 bits per heavy atom. The van der Waals surface area contributed by atoms with E-state index in [-0.39, 0.29) is 26.1 Å². The van der Waals surface area contributed by atoms with Crippen LogP contribution in [0.25, 0.3) is 0 Å². The van der Waals surface area contributed by atoms with Crippen LogP contribution in [0.15, 0.2) is 0 Å². The number of ether oxygens (including phenoxy) is 4. The lowest BCUT2D eigenvalue weighted by atomic mass is 10.3. The van der Waals surface area contributed by atoms with Gasteiger partial charge in [-0.1, -0.05) is 0 Å². The molecule has 0 aliphatic heterocycles. The van der Waals surface area contributed by atoms with Crippen LogP contribution in [0.1, 0.15) is 12.8 Å². The summed E-state index contributed by atoms with van der Waals surface area (Å²) in [7, 11) is 0. The van der Waals surface area contributed by atoms with Gasteiger partial charge >= 0.3 is 24.6 Å². The molecule has 0 atom stereocenters. The first kappa shape index (κ1) is 15.5.